The summed E-state index contributed by atoms with van der Waals surface area (Å²) in [5, 5.41) is 4.06. The van der Waals surface area contributed by atoms with Crippen LogP contribution in [0.3, 0.4) is 0 Å². The zero-order valence-electron chi connectivity index (χ0n) is 11.2. The van der Waals surface area contributed by atoms with Gasteiger partial charge in [-0.2, -0.15) is 0 Å². The summed E-state index contributed by atoms with van der Waals surface area (Å²) >= 11 is 6.05. The van der Waals surface area contributed by atoms with Gasteiger partial charge in [-0.1, -0.05) is 49.7 Å². The van der Waals surface area contributed by atoms with E-state index in [1.165, 1.54) is 0 Å². The van der Waals surface area contributed by atoms with Gasteiger partial charge < -0.3 is 10.1 Å². The van der Waals surface area contributed by atoms with E-state index in [9.17, 15) is 0 Å². The van der Waals surface area contributed by atoms with E-state index in [4.69, 9.17) is 16.3 Å². The SMILES string of the molecule is CC(C)NCc1ccc(Cl)cc1Oc1ccccc1. The van der Waals surface area contributed by atoms with Gasteiger partial charge in [0.1, 0.15) is 11.5 Å². The molecule has 3 heteroatoms. The van der Waals surface area contributed by atoms with Gasteiger partial charge in [0.05, 0.1) is 0 Å². The molecule has 0 aromatic heterocycles. The molecule has 100 valence electrons. The minimum absolute atomic E-state index is 0.431. The van der Waals surface area contributed by atoms with Crippen molar-refractivity contribution in [3.05, 3.63) is 59.1 Å². The van der Waals surface area contributed by atoms with E-state index in [1.807, 2.05) is 48.5 Å². The van der Waals surface area contributed by atoms with Gasteiger partial charge in [0.25, 0.3) is 0 Å². The Balaban J connectivity index is 2.19. The summed E-state index contributed by atoms with van der Waals surface area (Å²) in [6.45, 7) is 5.00. The highest BCUT2D eigenvalue weighted by atomic mass is 35.5. The fourth-order valence-corrected chi connectivity index (χ4v) is 1.86. The minimum atomic E-state index is 0.431. The predicted molar refractivity (Wildman–Crippen MR) is 79.9 cm³/mol. The van der Waals surface area contributed by atoms with E-state index in [0.29, 0.717) is 11.1 Å². The summed E-state index contributed by atoms with van der Waals surface area (Å²) in [5.74, 6) is 1.61. The maximum atomic E-state index is 6.05. The molecular formula is C16H18ClNO. The van der Waals surface area contributed by atoms with E-state index < -0.39 is 0 Å². The van der Waals surface area contributed by atoms with E-state index in [0.717, 1.165) is 23.6 Å². The van der Waals surface area contributed by atoms with Gasteiger partial charge >= 0.3 is 0 Å². The van der Waals surface area contributed by atoms with Gasteiger partial charge in [-0.3, -0.25) is 0 Å². The predicted octanol–water partition coefficient (Wildman–Crippen LogP) is 4.63. The van der Waals surface area contributed by atoms with E-state index in [2.05, 4.69) is 19.2 Å². The Labute approximate surface area is 119 Å². The highest BCUT2D eigenvalue weighted by Gasteiger charge is 2.06. The second-order valence-electron chi connectivity index (χ2n) is 4.70. The maximum Gasteiger partial charge on any atom is 0.133 e. The molecule has 0 atom stereocenters. The molecule has 0 aliphatic heterocycles. The molecule has 0 fully saturated rings. The molecule has 0 spiro atoms. The molecule has 0 saturated carbocycles. The molecule has 1 N–H and O–H groups in total. The Morgan fingerprint density at radius 3 is 2.53 bits per heavy atom. The van der Waals surface area contributed by atoms with Crippen LogP contribution in [0.15, 0.2) is 48.5 Å². The van der Waals surface area contributed by atoms with Crippen LogP contribution >= 0.6 is 11.6 Å². The molecule has 0 aliphatic carbocycles. The number of hydrogen-bond acceptors (Lipinski definition) is 2. The van der Waals surface area contributed by atoms with Crippen LogP contribution in [0, 0.1) is 0 Å². The van der Waals surface area contributed by atoms with Crippen molar-refractivity contribution in [3.8, 4) is 11.5 Å². The van der Waals surface area contributed by atoms with Crippen molar-refractivity contribution in [2.75, 3.05) is 0 Å². The first-order chi connectivity index (χ1) is 9.15. The van der Waals surface area contributed by atoms with Crippen LogP contribution in [0.4, 0.5) is 0 Å². The molecule has 2 aromatic carbocycles. The first-order valence-corrected chi connectivity index (χ1v) is 6.77. The molecule has 2 nitrogen and oxygen atoms in total. The van der Waals surface area contributed by atoms with Crippen molar-refractivity contribution in [1.82, 2.24) is 5.32 Å². The van der Waals surface area contributed by atoms with Crippen LogP contribution in [0.1, 0.15) is 19.4 Å². The van der Waals surface area contributed by atoms with Crippen molar-refractivity contribution in [1.29, 1.82) is 0 Å². The Bertz CT molecular complexity index is 526. The van der Waals surface area contributed by atoms with Crippen molar-refractivity contribution in [3.63, 3.8) is 0 Å². The molecule has 0 amide bonds. The lowest BCUT2D eigenvalue weighted by atomic mass is 10.2. The quantitative estimate of drug-likeness (QED) is 0.859. The fraction of sp³-hybridized carbons (Fsp3) is 0.250. The van der Waals surface area contributed by atoms with Crippen LogP contribution in [-0.4, -0.2) is 6.04 Å². The first-order valence-electron chi connectivity index (χ1n) is 6.40. The third-order valence-electron chi connectivity index (χ3n) is 2.70. The van der Waals surface area contributed by atoms with Gasteiger partial charge in [0.15, 0.2) is 0 Å². The van der Waals surface area contributed by atoms with E-state index in [-0.39, 0.29) is 0 Å². The second kappa shape index (κ2) is 6.60. The summed E-state index contributed by atoms with van der Waals surface area (Å²) < 4.78 is 5.90. The molecule has 0 saturated heterocycles. The third kappa shape index (κ3) is 4.27. The Morgan fingerprint density at radius 2 is 1.84 bits per heavy atom. The molecule has 0 radical (unpaired) electrons. The molecule has 0 aliphatic rings. The minimum Gasteiger partial charge on any atom is -0.457 e. The Kier molecular flexibility index (Phi) is 4.83. The first kappa shape index (κ1) is 13.9. The number of halogens is 1. The molecule has 2 rings (SSSR count). The number of benzene rings is 2. The summed E-state index contributed by atoms with van der Waals surface area (Å²) in [4.78, 5) is 0. The number of nitrogens with one attached hydrogen (secondary N) is 1. The molecule has 0 unspecified atom stereocenters. The Hall–Kier alpha value is -1.51. The fourth-order valence-electron chi connectivity index (χ4n) is 1.70. The summed E-state index contributed by atoms with van der Waals surface area (Å²) in [6, 6.07) is 15.9. The van der Waals surface area contributed by atoms with Gasteiger partial charge in [0, 0.05) is 23.2 Å². The van der Waals surface area contributed by atoms with Gasteiger partial charge in [-0.25, -0.2) is 0 Å². The van der Waals surface area contributed by atoms with E-state index in [1.54, 1.807) is 0 Å². The molecular weight excluding hydrogens is 258 g/mol. The van der Waals surface area contributed by atoms with Crippen molar-refractivity contribution >= 4 is 11.6 Å². The number of hydrogen-bond donors (Lipinski definition) is 1. The normalized spacial score (nSPS) is 10.7. The highest BCUT2D eigenvalue weighted by Crippen LogP contribution is 2.28. The van der Waals surface area contributed by atoms with Crippen molar-refractivity contribution in [2.45, 2.75) is 26.4 Å². The summed E-state index contributed by atoms with van der Waals surface area (Å²) in [7, 11) is 0. The van der Waals surface area contributed by atoms with Crippen molar-refractivity contribution in [2.24, 2.45) is 0 Å². The maximum absolute atomic E-state index is 6.05. The lowest BCUT2D eigenvalue weighted by molar-refractivity contribution is 0.469. The molecule has 0 bridgehead atoms. The van der Waals surface area contributed by atoms with Crippen LogP contribution in [0.5, 0.6) is 11.5 Å². The molecule has 19 heavy (non-hydrogen) atoms. The third-order valence-corrected chi connectivity index (χ3v) is 2.94. The van der Waals surface area contributed by atoms with E-state index >= 15 is 0 Å². The monoisotopic (exact) mass is 275 g/mol. The average molecular weight is 276 g/mol. The second-order valence-corrected chi connectivity index (χ2v) is 5.14. The van der Waals surface area contributed by atoms with Crippen LogP contribution in [0.2, 0.25) is 5.02 Å². The number of rotatable bonds is 5. The average Bonchev–Trinajstić information content (AvgIpc) is 2.39. The zero-order chi connectivity index (χ0) is 13.7. The van der Waals surface area contributed by atoms with Gasteiger partial charge in [-0.05, 0) is 24.3 Å². The van der Waals surface area contributed by atoms with Crippen molar-refractivity contribution < 1.29 is 4.74 Å². The van der Waals surface area contributed by atoms with Crippen LogP contribution in [-0.2, 0) is 6.54 Å². The largest absolute Gasteiger partial charge is 0.457 e. The highest BCUT2D eigenvalue weighted by molar-refractivity contribution is 6.30. The Morgan fingerprint density at radius 1 is 1.11 bits per heavy atom. The lowest BCUT2D eigenvalue weighted by Crippen LogP contribution is -2.22. The van der Waals surface area contributed by atoms with Gasteiger partial charge in [0.2, 0.25) is 0 Å². The standard InChI is InChI=1S/C16H18ClNO/c1-12(2)18-11-13-8-9-14(17)10-16(13)19-15-6-4-3-5-7-15/h3-10,12,18H,11H2,1-2H3. The van der Waals surface area contributed by atoms with Crippen LogP contribution in [0.25, 0.3) is 0 Å². The topological polar surface area (TPSA) is 21.3 Å². The lowest BCUT2D eigenvalue weighted by Gasteiger charge is -2.14. The van der Waals surface area contributed by atoms with Crippen LogP contribution < -0.4 is 10.1 Å². The molecule has 0 heterocycles. The smallest absolute Gasteiger partial charge is 0.133 e. The summed E-state index contributed by atoms with van der Waals surface area (Å²) in [6.07, 6.45) is 0. The van der Waals surface area contributed by atoms with Gasteiger partial charge in [-0.15, -0.1) is 0 Å². The number of para-hydroxylation sites is 1. The zero-order valence-corrected chi connectivity index (χ0v) is 11.9. The number of ether oxygens (including phenoxy) is 1. The summed E-state index contributed by atoms with van der Waals surface area (Å²) in [5.41, 5.74) is 1.10. The molecule has 2 aromatic rings.